The van der Waals surface area contributed by atoms with Crippen LogP contribution in [0.1, 0.15) is 12.5 Å². The number of carbonyl (C=O) groups is 2. The van der Waals surface area contributed by atoms with Crippen LogP contribution in [0.25, 0.3) is 0 Å². The summed E-state index contributed by atoms with van der Waals surface area (Å²) in [7, 11) is 1.73. The number of nitrogens with two attached hydrogens (primary N) is 1. The quantitative estimate of drug-likeness (QED) is 0.662. The Hall–Kier alpha value is -1.92. The molecule has 20 heavy (non-hydrogen) atoms. The van der Waals surface area contributed by atoms with Crippen LogP contribution in [0.5, 0.6) is 0 Å². The maximum absolute atomic E-state index is 11.8. The van der Waals surface area contributed by atoms with Crippen LogP contribution in [0.3, 0.4) is 0 Å². The summed E-state index contributed by atoms with van der Waals surface area (Å²) in [5, 5.41) is 5.47. The van der Waals surface area contributed by atoms with Crippen LogP contribution in [-0.4, -0.2) is 43.4 Å². The summed E-state index contributed by atoms with van der Waals surface area (Å²) in [6.45, 7) is 3.23. The molecule has 0 spiro atoms. The summed E-state index contributed by atoms with van der Waals surface area (Å²) in [6.07, 6.45) is 0. The predicted molar refractivity (Wildman–Crippen MR) is 79.1 cm³/mol. The van der Waals surface area contributed by atoms with Crippen LogP contribution < -0.4 is 16.4 Å². The molecule has 6 nitrogen and oxygen atoms in total. The van der Waals surface area contributed by atoms with Crippen LogP contribution in [0.4, 0.5) is 5.69 Å². The number of anilines is 1. The molecule has 2 amide bonds. The molecule has 0 saturated heterocycles. The van der Waals surface area contributed by atoms with Crippen molar-refractivity contribution in [2.24, 2.45) is 5.73 Å². The van der Waals surface area contributed by atoms with E-state index in [9.17, 15) is 9.59 Å². The van der Waals surface area contributed by atoms with Crippen molar-refractivity contribution in [2.45, 2.75) is 13.5 Å². The fraction of sp³-hybridized carbons (Fsp3) is 0.429. The number of benzene rings is 1. The summed E-state index contributed by atoms with van der Waals surface area (Å²) in [5.74, 6) is -0.251. The topological polar surface area (TPSA) is 87.5 Å². The lowest BCUT2D eigenvalue weighted by Gasteiger charge is -2.15. The predicted octanol–water partition coefficient (Wildman–Crippen LogP) is 0.152. The van der Waals surface area contributed by atoms with E-state index >= 15 is 0 Å². The van der Waals surface area contributed by atoms with Gasteiger partial charge in [-0.2, -0.15) is 0 Å². The van der Waals surface area contributed by atoms with Gasteiger partial charge < -0.3 is 16.4 Å². The standard InChI is InChI=1S/C14H22N4O2/c1-3-16-13(19)9-18(2)10-14(20)17-12-6-4-5-11(7-12)8-15/h4-7H,3,8-10,15H2,1-2H3,(H,16,19)(H,17,20). The molecule has 0 unspecified atom stereocenters. The van der Waals surface area contributed by atoms with Crippen molar-refractivity contribution in [2.75, 3.05) is 32.0 Å². The number of rotatable bonds is 7. The van der Waals surface area contributed by atoms with Crippen LogP contribution >= 0.6 is 0 Å². The molecule has 110 valence electrons. The van der Waals surface area contributed by atoms with Crippen molar-refractivity contribution in [1.82, 2.24) is 10.2 Å². The monoisotopic (exact) mass is 278 g/mol. The number of nitrogens with one attached hydrogen (secondary N) is 2. The van der Waals surface area contributed by atoms with Gasteiger partial charge in [-0.15, -0.1) is 0 Å². The third-order valence-electron chi connectivity index (χ3n) is 2.65. The highest BCUT2D eigenvalue weighted by atomic mass is 16.2. The van der Waals surface area contributed by atoms with Crippen molar-refractivity contribution in [3.05, 3.63) is 29.8 Å². The highest BCUT2D eigenvalue weighted by molar-refractivity contribution is 5.92. The average Bonchev–Trinajstić information content (AvgIpc) is 2.38. The second kappa shape index (κ2) is 8.29. The van der Waals surface area contributed by atoms with Gasteiger partial charge in [0.05, 0.1) is 13.1 Å². The second-order valence-electron chi connectivity index (χ2n) is 4.58. The van der Waals surface area contributed by atoms with E-state index in [0.717, 1.165) is 5.56 Å². The Labute approximate surface area is 119 Å². The molecule has 0 fully saturated rings. The zero-order valence-electron chi connectivity index (χ0n) is 12.0. The highest BCUT2D eigenvalue weighted by Gasteiger charge is 2.10. The molecule has 1 aromatic carbocycles. The molecular weight excluding hydrogens is 256 g/mol. The number of hydrogen-bond donors (Lipinski definition) is 3. The van der Waals surface area contributed by atoms with Crippen molar-refractivity contribution in [3.63, 3.8) is 0 Å². The molecule has 6 heteroatoms. The Morgan fingerprint density at radius 1 is 1.25 bits per heavy atom. The van der Waals surface area contributed by atoms with Gasteiger partial charge in [0.2, 0.25) is 11.8 Å². The second-order valence-corrected chi connectivity index (χ2v) is 4.58. The summed E-state index contributed by atoms with van der Waals surface area (Å²) in [6, 6.07) is 7.38. The van der Waals surface area contributed by atoms with E-state index in [1.807, 2.05) is 25.1 Å². The van der Waals surface area contributed by atoms with E-state index in [0.29, 0.717) is 18.8 Å². The Bertz CT molecular complexity index is 462. The number of carbonyl (C=O) groups excluding carboxylic acids is 2. The third-order valence-corrected chi connectivity index (χ3v) is 2.65. The van der Waals surface area contributed by atoms with E-state index in [1.165, 1.54) is 0 Å². The number of hydrogen-bond acceptors (Lipinski definition) is 4. The lowest BCUT2D eigenvalue weighted by molar-refractivity contribution is -0.122. The smallest absolute Gasteiger partial charge is 0.238 e. The molecule has 0 aliphatic rings. The number of nitrogens with zero attached hydrogens (tertiary/aromatic N) is 1. The van der Waals surface area contributed by atoms with Crippen molar-refractivity contribution >= 4 is 17.5 Å². The van der Waals surface area contributed by atoms with Gasteiger partial charge in [-0.1, -0.05) is 12.1 Å². The summed E-state index contributed by atoms with van der Waals surface area (Å²) in [4.78, 5) is 24.9. The normalized spacial score (nSPS) is 10.4. The van der Waals surface area contributed by atoms with Crippen molar-refractivity contribution in [1.29, 1.82) is 0 Å². The molecule has 1 aromatic rings. The lowest BCUT2D eigenvalue weighted by atomic mass is 10.2. The van der Waals surface area contributed by atoms with Crippen molar-refractivity contribution < 1.29 is 9.59 Å². The summed E-state index contributed by atoms with van der Waals surface area (Å²) >= 11 is 0. The molecule has 0 atom stereocenters. The maximum Gasteiger partial charge on any atom is 0.238 e. The molecule has 0 radical (unpaired) electrons. The molecule has 0 bridgehead atoms. The van der Waals surface area contributed by atoms with Gasteiger partial charge in [-0.3, -0.25) is 14.5 Å². The Balaban J connectivity index is 2.44. The maximum atomic E-state index is 11.8. The minimum absolute atomic E-state index is 0.0899. The van der Waals surface area contributed by atoms with Crippen LogP contribution in [-0.2, 0) is 16.1 Å². The molecule has 0 saturated carbocycles. The minimum atomic E-state index is -0.161. The number of likely N-dealkylation sites (N-methyl/N-ethyl adjacent to an activating group) is 2. The summed E-state index contributed by atoms with van der Waals surface area (Å²) < 4.78 is 0. The Kier molecular flexibility index (Phi) is 6.69. The van der Waals surface area contributed by atoms with Gasteiger partial charge in [0.1, 0.15) is 0 Å². The van der Waals surface area contributed by atoms with Gasteiger partial charge >= 0.3 is 0 Å². The molecule has 0 aromatic heterocycles. The van der Waals surface area contributed by atoms with Gasteiger partial charge in [0.15, 0.2) is 0 Å². The zero-order chi connectivity index (χ0) is 15.0. The first-order valence-corrected chi connectivity index (χ1v) is 6.59. The van der Waals surface area contributed by atoms with Crippen LogP contribution in [0, 0.1) is 0 Å². The molecule has 1 rings (SSSR count). The molecule has 4 N–H and O–H groups in total. The van der Waals surface area contributed by atoms with Crippen LogP contribution in [0.2, 0.25) is 0 Å². The largest absolute Gasteiger partial charge is 0.355 e. The number of amides is 2. The first-order chi connectivity index (χ1) is 9.55. The van der Waals surface area contributed by atoms with Gasteiger partial charge in [-0.25, -0.2) is 0 Å². The van der Waals surface area contributed by atoms with Gasteiger partial charge in [0, 0.05) is 18.8 Å². The molecule has 0 heterocycles. The molecule has 0 aliphatic heterocycles. The average molecular weight is 278 g/mol. The zero-order valence-corrected chi connectivity index (χ0v) is 12.0. The van der Waals surface area contributed by atoms with Crippen molar-refractivity contribution in [3.8, 4) is 0 Å². The fourth-order valence-electron chi connectivity index (χ4n) is 1.78. The lowest BCUT2D eigenvalue weighted by Crippen LogP contribution is -2.38. The van der Waals surface area contributed by atoms with Gasteiger partial charge in [-0.05, 0) is 31.7 Å². The fourth-order valence-corrected chi connectivity index (χ4v) is 1.78. The van der Waals surface area contributed by atoms with Gasteiger partial charge in [0.25, 0.3) is 0 Å². The Morgan fingerprint density at radius 2 is 1.95 bits per heavy atom. The highest BCUT2D eigenvalue weighted by Crippen LogP contribution is 2.09. The first-order valence-electron chi connectivity index (χ1n) is 6.59. The molecular formula is C14H22N4O2. The van der Waals surface area contributed by atoms with E-state index in [-0.39, 0.29) is 24.9 Å². The third kappa shape index (κ3) is 5.81. The summed E-state index contributed by atoms with van der Waals surface area (Å²) in [5.41, 5.74) is 7.22. The minimum Gasteiger partial charge on any atom is -0.355 e. The van der Waals surface area contributed by atoms with E-state index in [1.54, 1.807) is 18.0 Å². The molecule has 0 aliphatic carbocycles. The SMILES string of the molecule is CCNC(=O)CN(C)CC(=O)Nc1cccc(CN)c1. The van der Waals surface area contributed by atoms with E-state index in [4.69, 9.17) is 5.73 Å². The van der Waals surface area contributed by atoms with E-state index in [2.05, 4.69) is 10.6 Å². The first kappa shape index (κ1) is 16.1. The van der Waals surface area contributed by atoms with Crippen LogP contribution in [0.15, 0.2) is 24.3 Å². The van der Waals surface area contributed by atoms with E-state index < -0.39 is 0 Å². The Morgan fingerprint density at radius 3 is 2.60 bits per heavy atom.